The minimum absolute atomic E-state index is 0.143. The smallest absolute Gasteiger partial charge is 0.242 e. The second-order valence-electron chi connectivity index (χ2n) is 7.13. The molecule has 1 amide bonds. The van der Waals surface area contributed by atoms with Crippen molar-refractivity contribution in [2.75, 3.05) is 20.6 Å². The first-order valence-electron chi connectivity index (χ1n) is 9.27. The van der Waals surface area contributed by atoms with Crippen molar-refractivity contribution < 1.29 is 4.79 Å². The number of rotatable bonds is 7. The average Bonchev–Trinajstić information content (AvgIpc) is 2.62. The van der Waals surface area contributed by atoms with E-state index in [2.05, 4.69) is 86.4 Å². The van der Waals surface area contributed by atoms with E-state index in [1.807, 2.05) is 12.1 Å². The number of carbonyl (C=O) groups excluding carboxylic acids is 1. The fraction of sp³-hybridized carbons (Fsp3) is 0.391. The molecule has 2 rings (SSSR count). The highest BCUT2D eigenvalue weighted by Crippen LogP contribution is 2.42. The highest BCUT2D eigenvalue weighted by molar-refractivity contribution is 6.04. The first-order chi connectivity index (χ1) is 12.4. The number of benzene rings is 2. The molecule has 0 fully saturated rings. The molecular weight excluding hydrogens is 320 g/mol. The number of amides is 1. The fourth-order valence-electron chi connectivity index (χ4n) is 4.08. The Balaban J connectivity index is 2.85. The van der Waals surface area contributed by atoms with Crippen LogP contribution in [-0.4, -0.2) is 37.2 Å². The summed E-state index contributed by atoms with van der Waals surface area (Å²) in [6.07, 6.45) is 0.723. The lowest BCUT2D eigenvalue weighted by Gasteiger charge is -2.42. The molecule has 138 valence electrons. The SMILES string of the molecule is CCC(=NC(C)=O)C(c1ccccc1)(c1ccccc1)C(C)CN(C)C. The summed E-state index contributed by atoms with van der Waals surface area (Å²) in [6, 6.07) is 21.0. The van der Waals surface area contributed by atoms with E-state index in [1.165, 1.54) is 18.1 Å². The van der Waals surface area contributed by atoms with E-state index < -0.39 is 5.41 Å². The third-order valence-electron chi connectivity index (χ3n) is 4.92. The minimum Gasteiger partial charge on any atom is -0.309 e. The second-order valence-corrected chi connectivity index (χ2v) is 7.13. The molecule has 0 saturated heterocycles. The first kappa shape index (κ1) is 20.1. The lowest BCUT2D eigenvalue weighted by atomic mass is 9.62. The predicted octanol–water partition coefficient (Wildman–Crippen LogP) is 4.57. The highest BCUT2D eigenvalue weighted by atomic mass is 16.1. The molecular formula is C23H30N2O. The van der Waals surface area contributed by atoms with Gasteiger partial charge >= 0.3 is 0 Å². The standard InChI is InChI=1S/C23H30N2O/c1-6-22(24-19(3)26)23(18(2)17-25(4)5,20-13-9-7-10-14-20)21-15-11-8-12-16-21/h7-16,18H,6,17H2,1-5H3. The second kappa shape index (κ2) is 8.91. The van der Waals surface area contributed by atoms with Crippen LogP contribution in [0.4, 0.5) is 0 Å². The minimum atomic E-state index is -0.437. The summed E-state index contributed by atoms with van der Waals surface area (Å²) in [6.45, 7) is 6.77. The van der Waals surface area contributed by atoms with Crippen LogP contribution in [-0.2, 0) is 10.2 Å². The van der Waals surface area contributed by atoms with E-state index >= 15 is 0 Å². The molecule has 0 saturated carbocycles. The van der Waals surface area contributed by atoms with Crippen molar-refractivity contribution in [3.63, 3.8) is 0 Å². The molecule has 0 radical (unpaired) electrons. The molecule has 3 nitrogen and oxygen atoms in total. The van der Waals surface area contributed by atoms with Crippen molar-refractivity contribution in [3.8, 4) is 0 Å². The van der Waals surface area contributed by atoms with E-state index in [0.717, 1.165) is 18.7 Å². The number of carbonyl (C=O) groups is 1. The van der Waals surface area contributed by atoms with Gasteiger partial charge in [-0.1, -0.05) is 74.5 Å². The Bertz CT molecular complexity index is 696. The van der Waals surface area contributed by atoms with Crippen LogP contribution in [0.1, 0.15) is 38.3 Å². The largest absolute Gasteiger partial charge is 0.309 e. The topological polar surface area (TPSA) is 32.7 Å². The lowest BCUT2D eigenvalue weighted by molar-refractivity contribution is -0.115. The zero-order chi connectivity index (χ0) is 19.2. The Hall–Kier alpha value is -2.26. The third kappa shape index (κ3) is 4.10. The van der Waals surface area contributed by atoms with Gasteiger partial charge in [-0.25, -0.2) is 4.99 Å². The summed E-state index contributed by atoms with van der Waals surface area (Å²) >= 11 is 0. The normalized spacial score (nSPS) is 13.7. The van der Waals surface area contributed by atoms with Crippen molar-refractivity contribution in [1.82, 2.24) is 4.90 Å². The van der Waals surface area contributed by atoms with E-state index in [0.29, 0.717) is 0 Å². The predicted molar refractivity (Wildman–Crippen MR) is 110 cm³/mol. The van der Waals surface area contributed by atoms with Gasteiger partial charge in [-0.2, -0.15) is 0 Å². The Morgan fingerprint density at radius 1 is 1.00 bits per heavy atom. The van der Waals surface area contributed by atoms with Gasteiger partial charge in [-0.15, -0.1) is 0 Å². The fourth-order valence-corrected chi connectivity index (χ4v) is 4.08. The van der Waals surface area contributed by atoms with Crippen LogP contribution in [0.25, 0.3) is 0 Å². The summed E-state index contributed by atoms with van der Waals surface area (Å²) in [5, 5.41) is 0. The van der Waals surface area contributed by atoms with Crippen LogP contribution in [0.15, 0.2) is 65.7 Å². The summed E-state index contributed by atoms with van der Waals surface area (Å²) < 4.78 is 0. The van der Waals surface area contributed by atoms with E-state index in [-0.39, 0.29) is 11.8 Å². The monoisotopic (exact) mass is 350 g/mol. The molecule has 0 spiro atoms. The molecule has 0 aromatic heterocycles. The van der Waals surface area contributed by atoms with Gasteiger partial charge in [0.15, 0.2) is 0 Å². The average molecular weight is 351 g/mol. The Morgan fingerprint density at radius 3 is 1.81 bits per heavy atom. The lowest BCUT2D eigenvalue weighted by Crippen LogP contribution is -2.47. The maximum absolute atomic E-state index is 12.0. The van der Waals surface area contributed by atoms with Crippen molar-refractivity contribution >= 4 is 11.6 Å². The van der Waals surface area contributed by atoms with Crippen LogP contribution < -0.4 is 0 Å². The molecule has 0 heterocycles. The van der Waals surface area contributed by atoms with Gasteiger partial charge in [0.25, 0.3) is 0 Å². The van der Waals surface area contributed by atoms with Crippen molar-refractivity contribution in [2.24, 2.45) is 10.9 Å². The van der Waals surface area contributed by atoms with Crippen LogP contribution >= 0.6 is 0 Å². The molecule has 2 aromatic carbocycles. The zero-order valence-corrected chi connectivity index (χ0v) is 16.6. The maximum Gasteiger partial charge on any atom is 0.242 e. The molecule has 0 aliphatic heterocycles. The van der Waals surface area contributed by atoms with E-state index in [1.54, 1.807) is 0 Å². The van der Waals surface area contributed by atoms with Gasteiger partial charge in [0.1, 0.15) is 0 Å². The molecule has 2 aromatic rings. The van der Waals surface area contributed by atoms with E-state index in [9.17, 15) is 4.79 Å². The highest BCUT2D eigenvalue weighted by Gasteiger charge is 2.43. The van der Waals surface area contributed by atoms with E-state index in [4.69, 9.17) is 0 Å². The van der Waals surface area contributed by atoms with Gasteiger partial charge in [-0.3, -0.25) is 4.79 Å². The Morgan fingerprint density at radius 2 is 1.46 bits per heavy atom. The summed E-state index contributed by atoms with van der Waals surface area (Å²) in [4.78, 5) is 18.7. The molecule has 3 heteroatoms. The number of nitrogens with zero attached hydrogens (tertiary/aromatic N) is 2. The molecule has 0 aliphatic carbocycles. The zero-order valence-electron chi connectivity index (χ0n) is 16.6. The Labute approximate surface area is 157 Å². The van der Waals surface area contributed by atoms with Crippen molar-refractivity contribution in [3.05, 3.63) is 71.8 Å². The van der Waals surface area contributed by atoms with Crippen LogP contribution in [0.2, 0.25) is 0 Å². The third-order valence-corrected chi connectivity index (χ3v) is 4.92. The van der Waals surface area contributed by atoms with Gasteiger partial charge < -0.3 is 4.90 Å². The van der Waals surface area contributed by atoms with Gasteiger partial charge in [0.05, 0.1) is 5.41 Å². The molecule has 1 unspecified atom stereocenters. The number of aliphatic imine (C=N–C) groups is 1. The first-order valence-corrected chi connectivity index (χ1v) is 9.27. The number of hydrogen-bond acceptors (Lipinski definition) is 2. The van der Waals surface area contributed by atoms with Crippen LogP contribution in [0, 0.1) is 5.92 Å². The molecule has 0 bridgehead atoms. The summed E-state index contributed by atoms with van der Waals surface area (Å²) in [5.74, 6) is 0.0930. The van der Waals surface area contributed by atoms with Gasteiger partial charge in [0, 0.05) is 19.2 Å². The van der Waals surface area contributed by atoms with Gasteiger partial charge in [0.2, 0.25) is 5.91 Å². The molecule has 26 heavy (non-hydrogen) atoms. The van der Waals surface area contributed by atoms with Crippen molar-refractivity contribution in [1.29, 1.82) is 0 Å². The van der Waals surface area contributed by atoms with Crippen LogP contribution in [0.3, 0.4) is 0 Å². The molecule has 0 aliphatic rings. The summed E-state index contributed by atoms with van der Waals surface area (Å²) in [7, 11) is 4.18. The molecule has 1 atom stereocenters. The van der Waals surface area contributed by atoms with Gasteiger partial charge in [-0.05, 0) is 37.6 Å². The summed E-state index contributed by atoms with van der Waals surface area (Å²) in [5.41, 5.74) is 2.86. The Kier molecular flexibility index (Phi) is 6.87. The molecule has 0 N–H and O–H groups in total. The maximum atomic E-state index is 12.0. The quantitative estimate of drug-likeness (QED) is 0.685. The van der Waals surface area contributed by atoms with Crippen LogP contribution in [0.5, 0.6) is 0 Å². The number of hydrogen-bond donors (Lipinski definition) is 0. The van der Waals surface area contributed by atoms with Crippen molar-refractivity contribution in [2.45, 2.75) is 32.6 Å².